The number of nitrogens with one attached hydrogen (secondary N) is 2. The van der Waals surface area contributed by atoms with E-state index < -0.39 is 0 Å². The molecule has 2 N–H and O–H groups in total. The lowest BCUT2D eigenvalue weighted by Gasteiger charge is -2.39. The maximum Gasteiger partial charge on any atom is 0.191 e. The van der Waals surface area contributed by atoms with Gasteiger partial charge in [-0.1, -0.05) is 51.0 Å². The Labute approximate surface area is 193 Å². The van der Waals surface area contributed by atoms with Crippen molar-refractivity contribution in [2.45, 2.75) is 45.9 Å². The molecule has 0 bridgehead atoms. The second-order valence-corrected chi connectivity index (χ2v) is 7.35. The third kappa shape index (κ3) is 8.78. The van der Waals surface area contributed by atoms with Crippen LogP contribution in [0.1, 0.15) is 37.8 Å². The Bertz CT molecular complexity index is 573. The molecule has 6 nitrogen and oxygen atoms in total. The molecule has 1 aliphatic rings. The highest BCUT2D eigenvalue weighted by atomic mass is 127. The van der Waals surface area contributed by atoms with E-state index in [0.717, 1.165) is 45.4 Å². The van der Waals surface area contributed by atoms with E-state index in [1.807, 2.05) is 7.05 Å². The predicted octanol–water partition coefficient (Wildman–Crippen LogP) is 3.25. The van der Waals surface area contributed by atoms with Gasteiger partial charge >= 0.3 is 0 Å². The number of benzene rings is 1. The number of halogens is 1. The molecule has 0 aromatic heterocycles. The Hall–Kier alpha value is -0.900. The van der Waals surface area contributed by atoms with E-state index in [4.69, 9.17) is 9.47 Å². The van der Waals surface area contributed by atoms with Gasteiger partial charge in [-0.05, 0) is 17.0 Å². The third-order valence-corrected chi connectivity index (χ3v) is 5.60. The highest BCUT2D eigenvalue weighted by Crippen LogP contribution is 2.19. The van der Waals surface area contributed by atoms with Gasteiger partial charge in [-0.25, -0.2) is 0 Å². The zero-order valence-electron chi connectivity index (χ0n) is 18.4. The molecule has 2 rings (SSSR count). The van der Waals surface area contributed by atoms with Crippen LogP contribution in [-0.4, -0.2) is 63.9 Å². The fraction of sp³-hybridized carbons (Fsp3) is 0.682. The van der Waals surface area contributed by atoms with Crippen LogP contribution in [0.5, 0.6) is 0 Å². The molecule has 0 spiro atoms. The van der Waals surface area contributed by atoms with Crippen molar-refractivity contribution in [2.75, 3.05) is 47.0 Å². The first-order valence-corrected chi connectivity index (χ1v) is 10.5. The Morgan fingerprint density at radius 3 is 2.28 bits per heavy atom. The summed E-state index contributed by atoms with van der Waals surface area (Å²) >= 11 is 0. The summed E-state index contributed by atoms with van der Waals surface area (Å²) in [5, 5.41) is 6.99. The van der Waals surface area contributed by atoms with E-state index in [-0.39, 0.29) is 24.0 Å². The zero-order chi connectivity index (χ0) is 20.2. The normalized spacial score (nSPS) is 16.4. The molecular formula is C22H39IN4O2. The molecule has 0 saturated carbocycles. The van der Waals surface area contributed by atoms with Crippen LogP contribution in [-0.2, 0) is 22.6 Å². The van der Waals surface area contributed by atoms with Crippen molar-refractivity contribution >= 4 is 29.9 Å². The number of hydrogen-bond acceptors (Lipinski definition) is 4. The maximum absolute atomic E-state index is 5.55. The third-order valence-electron chi connectivity index (χ3n) is 5.60. The van der Waals surface area contributed by atoms with Crippen molar-refractivity contribution < 1.29 is 9.47 Å². The smallest absolute Gasteiger partial charge is 0.191 e. The van der Waals surface area contributed by atoms with Crippen LogP contribution in [0.2, 0.25) is 0 Å². The van der Waals surface area contributed by atoms with E-state index in [2.05, 4.69) is 58.6 Å². The molecule has 1 atom stereocenters. The van der Waals surface area contributed by atoms with Crippen LogP contribution >= 0.6 is 24.0 Å². The Balaban J connectivity index is 0.00000420. The molecule has 1 fully saturated rings. The van der Waals surface area contributed by atoms with Crippen molar-refractivity contribution in [1.29, 1.82) is 0 Å². The average molecular weight is 518 g/mol. The van der Waals surface area contributed by atoms with Gasteiger partial charge in [-0.2, -0.15) is 0 Å². The van der Waals surface area contributed by atoms with Gasteiger partial charge in [0, 0.05) is 46.4 Å². The number of hydrogen-bond donors (Lipinski definition) is 2. The average Bonchev–Trinajstić information content (AvgIpc) is 2.75. The van der Waals surface area contributed by atoms with Gasteiger partial charge < -0.3 is 20.1 Å². The first kappa shape index (κ1) is 26.1. The summed E-state index contributed by atoms with van der Waals surface area (Å²) in [4.78, 5) is 6.99. The van der Waals surface area contributed by atoms with E-state index in [1.165, 1.54) is 24.0 Å². The molecule has 166 valence electrons. The highest BCUT2D eigenvalue weighted by molar-refractivity contribution is 14.0. The summed E-state index contributed by atoms with van der Waals surface area (Å²) in [7, 11) is 3.55. The Morgan fingerprint density at radius 1 is 1.10 bits per heavy atom. The zero-order valence-corrected chi connectivity index (χ0v) is 20.8. The van der Waals surface area contributed by atoms with E-state index in [1.54, 1.807) is 7.11 Å². The largest absolute Gasteiger partial charge is 0.380 e. The molecule has 1 saturated heterocycles. The van der Waals surface area contributed by atoms with E-state index in [9.17, 15) is 0 Å². The maximum atomic E-state index is 5.55. The monoisotopic (exact) mass is 518 g/mol. The molecule has 0 radical (unpaired) electrons. The molecule has 1 heterocycles. The fourth-order valence-corrected chi connectivity index (χ4v) is 3.86. The Kier molecular flexibility index (Phi) is 13.5. The standard InChI is InChI=1S/C22H38N4O2.HI/c1-5-20(6-2)21(26-11-13-28-14-12-26)16-25-22(23-3)24-15-18-7-9-19(10-8-18)17-27-4;/h7-10,20-21H,5-6,11-17H2,1-4H3,(H2,23,24,25);1H. The SMILES string of the molecule is CCC(CC)C(CNC(=NC)NCc1ccc(COC)cc1)N1CCOCC1.I. The minimum Gasteiger partial charge on any atom is -0.380 e. The number of guanidine groups is 1. The van der Waals surface area contributed by atoms with Gasteiger partial charge in [-0.15, -0.1) is 24.0 Å². The van der Waals surface area contributed by atoms with Gasteiger partial charge in [-0.3, -0.25) is 9.89 Å². The first-order valence-electron chi connectivity index (χ1n) is 10.5. The first-order chi connectivity index (χ1) is 13.7. The van der Waals surface area contributed by atoms with Crippen molar-refractivity contribution in [3.05, 3.63) is 35.4 Å². The topological polar surface area (TPSA) is 58.1 Å². The fourth-order valence-electron chi connectivity index (χ4n) is 3.86. The number of aliphatic imine (C=N–C) groups is 1. The van der Waals surface area contributed by atoms with Crippen LogP contribution in [0.25, 0.3) is 0 Å². The van der Waals surface area contributed by atoms with E-state index >= 15 is 0 Å². The van der Waals surface area contributed by atoms with Crippen molar-refractivity contribution in [3.63, 3.8) is 0 Å². The molecule has 29 heavy (non-hydrogen) atoms. The van der Waals surface area contributed by atoms with Crippen LogP contribution in [0.3, 0.4) is 0 Å². The van der Waals surface area contributed by atoms with Gasteiger partial charge in [0.25, 0.3) is 0 Å². The van der Waals surface area contributed by atoms with Crippen LogP contribution in [0, 0.1) is 5.92 Å². The van der Waals surface area contributed by atoms with E-state index in [0.29, 0.717) is 18.6 Å². The lowest BCUT2D eigenvalue weighted by molar-refractivity contribution is 0.00272. The molecule has 1 aliphatic heterocycles. The number of nitrogens with zero attached hydrogens (tertiary/aromatic N) is 2. The highest BCUT2D eigenvalue weighted by Gasteiger charge is 2.26. The quantitative estimate of drug-likeness (QED) is 0.283. The van der Waals surface area contributed by atoms with Gasteiger partial charge in [0.05, 0.1) is 19.8 Å². The molecule has 1 aromatic carbocycles. The lowest BCUT2D eigenvalue weighted by atomic mass is 9.92. The summed E-state index contributed by atoms with van der Waals surface area (Å²) in [6.45, 7) is 10.6. The van der Waals surface area contributed by atoms with Crippen molar-refractivity contribution in [3.8, 4) is 0 Å². The summed E-state index contributed by atoms with van der Waals surface area (Å²) < 4.78 is 10.7. The molecule has 1 unspecified atom stereocenters. The second kappa shape index (κ2) is 15.0. The molecule has 0 amide bonds. The number of methoxy groups -OCH3 is 1. The van der Waals surface area contributed by atoms with Crippen molar-refractivity contribution in [2.24, 2.45) is 10.9 Å². The second-order valence-electron chi connectivity index (χ2n) is 7.35. The number of rotatable bonds is 10. The van der Waals surface area contributed by atoms with Gasteiger partial charge in [0.1, 0.15) is 0 Å². The number of ether oxygens (including phenoxy) is 2. The van der Waals surface area contributed by atoms with Gasteiger partial charge in [0.15, 0.2) is 5.96 Å². The van der Waals surface area contributed by atoms with Crippen LogP contribution in [0.4, 0.5) is 0 Å². The van der Waals surface area contributed by atoms with Crippen molar-refractivity contribution in [1.82, 2.24) is 15.5 Å². The molecule has 7 heteroatoms. The number of morpholine rings is 1. The summed E-state index contributed by atoms with van der Waals surface area (Å²) in [6, 6.07) is 8.99. The van der Waals surface area contributed by atoms with Crippen LogP contribution in [0.15, 0.2) is 29.3 Å². The van der Waals surface area contributed by atoms with Crippen LogP contribution < -0.4 is 10.6 Å². The molecular weight excluding hydrogens is 479 g/mol. The minimum absolute atomic E-state index is 0. The molecule has 1 aromatic rings. The summed E-state index contributed by atoms with van der Waals surface area (Å²) in [6.07, 6.45) is 2.39. The molecule has 0 aliphatic carbocycles. The minimum atomic E-state index is 0. The lowest BCUT2D eigenvalue weighted by Crippen LogP contribution is -2.53. The Morgan fingerprint density at radius 2 is 1.72 bits per heavy atom. The predicted molar refractivity (Wildman–Crippen MR) is 131 cm³/mol. The summed E-state index contributed by atoms with van der Waals surface area (Å²) in [5.41, 5.74) is 2.42. The van der Waals surface area contributed by atoms with Gasteiger partial charge in [0.2, 0.25) is 0 Å². The summed E-state index contributed by atoms with van der Waals surface area (Å²) in [5.74, 6) is 1.53.